The van der Waals surface area contributed by atoms with Gasteiger partial charge in [0.05, 0.1) is 23.3 Å². The molecule has 7 nitrogen and oxygen atoms in total. The minimum Gasteiger partial charge on any atom is -0.369 e. The predicted octanol–water partition coefficient (Wildman–Crippen LogP) is 5.78. The van der Waals surface area contributed by atoms with Crippen LogP contribution in [0.4, 0.5) is 29.2 Å². The Morgan fingerprint density at radius 3 is 2.33 bits per heavy atom. The van der Waals surface area contributed by atoms with E-state index < -0.39 is 12.0 Å². The normalized spacial score (nSPS) is 18.0. The minimum atomic E-state index is -2.65. The van der Waals surface area contributed by atoms with E-state index in [0.29, 0.717) is 49.0 Å². The molecule has 0 unspecified atom stereocenters. The van der Waals surface area contributed by atoms with E-state index in [1.54, 1.807) is 21.8 Å². The number of hydrogen-bond acceptors (Lipinski definition) is 6. The molecule has 1 aromatic carbocycles. The van der Waals surface area contributed by atoms with Crippen molar-refractivity contribution in [1.82, 2.24) is 25.0 Å². The van der Waals surface area contributed by atoms with Crippen molar-refractivity contribution in [3.63, 3.8) is 0 Å². The van der Waals surface area contributed by atoms with Crippen LogP contribution in [0.1, 0.15) is 31.4 Å². The third-order valence-corrected chi connectivity index (χ3v) is 7.03. The Kier molecular flexibility index (Phi) is 6.71. The Balaban J connectivity index is 1.42. The Bertz CT molecular complexity index is 1290. The number of aryl methyl sites for hydroxylation is 1. The van der Waals surface area contributed by atoms with Crippen molar-refractivity contribution in [3.05, 3.63) is 52.3 Å². The molecule has 0 saturated carbocycles. The first-order valence-corrected chi connectivity index (χ1v) is 12.5. The van der Waals surface area contributed by atoms with Gasteiger partial charge in [0.2, 0.25) is 5.95 Å². The van der Waals surface area contributed by atoms with Crippen molar-refractivity contribution >= 4 is 27.6 Å². The van der Waals surface area contributed by atoms with Crippen LogP contribution in [-0.2, 0) is 0 Å². The maximum Gasteiger partial charge on any atom is 0.269 e. The number of anilines is 2. The first-order chi connectivity index (χ1) is 17.2. The van der Waals surface area contributed by atoms with Gasteiger partial charge in [-0.2, -0.15) is 8.78 Å². The van der Waals surface area contributed by atoms with E-state index in [1.165, 1.54) is 0 Å². The second kappa shape index (κ2) is 9.79. The summed E-state index contributed by atoms with van der Waals surface area (Å²) < 4.78 is 55.7. The van der Waals surface area contributed by atoms with Crippen LogP contribution in [-0.4, -0.2) is 57.1 Å². The Labute approximate surface area is 214 Å². The molecular weight excluding hydrogens is 542 g/mol. The molecule has 36 heavy (non-hydrogen) atoms. The van der Waals surface area contributed by atoms with Gasteiger partial charge in [0, 0.05) is 49.2 Å². The van der Waals surface area contributed by atoms with E-state index in [4.69, 9.17) is 0 Å². The number of benzene rings is 1. The third-order valence-electron chi connectivity index (χ3n) is 6.54. The lowest BCUT2D eigenvalue weighted by molar-refractivity contribution is -0.0222. The van der Waals surface area contributed by atoms with Crippen molar-refractivity contribution in [2.75, 3.05) is 36.0 Å². The number of hydrogen-bond donors (Lipinski definition) is 0. The molecule has 2 aliphatic rings. The fraction of sp³-hybridized carbons (Fsp3) is 0.417. The second-order valence-corrected chi connectivity index (χ2v) is 9.99. The Hall–Kier alpha value is -3.02. The van der Waals surface area contributed by atoms with Gasteiger partial charge in [-0.25, -0.2) is 23.4 Å². The molecule has 0 atom stereocenters. The van der Waals surface area contributed by atoms with Crippen molar-refractivity contribution < 1.29 is 17.6 Å². The van der Waals surface area contributed by atoms with Gasteiger partial charge in [0.1, 0.15) is 5.69 Å². The zero-order valence-electron chi connectivity index (χ0n) is 19.6. The molecule has 0 amide bonds. The summed E-state index contributed by atoms with van der Waals surface area (Å²) >= 11 is 3.50. The first-order valence-electron chi connectivity index (χ1n) is 11.7. The molecule has 5 rings (SSSR count). The number of rotatable bonds is 4. The average Bonchev–Trinajstić information content (AvgIpc) is 3.34. The molecule has 0 aliphatic carbocycles. The van der Waals surface area contributed by atoms with Gasteiger partial charge in [0.15, 0.2) is 0 Å². The standard InChI is InChI=1S/C24H24BrF4N7/c1-15-12-18(31-23(30-15)35-10-6-24(28,29)7-11-35)19-14-36(33-32-19)20-3-2-17(25)13-21(20)34-8-4-16(5-9-34)22(26)27/h2-3,12-14H,4-11H2,1H3. The Morgan fingerprint density at radius 1 is 0.917 bits per heavy atom. The number of aromatic nitrogens is 5. The molecule has 12 heteroatoms. The highest BCUT2D eigenvalue weighted by molar-refractivity contribution is 9.10. The van der Waals surface area contributed by atoms with E-state index >= 15 is 0 Å². The maximum absolute atomic E-state index is 13.6. The molecule has 190 valence electrons. The molecule has 2 saturated heterocycles. The highest BCUT2D eigenvalue weighted by Crippen LogP contribution is 2.33. The predicted molar refractivity (Wildman–Crippen MR) is 132 cm³/mol. The zero-order chi connectivity index (χ0) is 25.4. The number of alkyl halides is 2. The molecule has 2 aromatic heterocycles. The topological polar surface area (TPSA) is 63.0 Å². The molecule has 0 spiro atoms. The maximum atomic E-state index is 13.6. The number of halogens is 5. The van der Waals surface area contributed by atoms with E-state index in [-0.39, 0.29) is 31.5 Å². The van der Waals surface area contributed by atoms with Crippen LogP contribution < -0.4 is 9.80 Å². The van der Waals surface area contributed by atoms with Gasteiger partial charge >= 0.3 is 0 Å². The molecule has 2 fully saturated rings. The second-order valence-electron chi connectivity index (χ2n) is 9.07. The molecule has 4 heterocycles. The Morgan fingerprint density at radius 2 is 1.64 bits per heavy atom. The summed E-state index contributed by atoms with van der Waals surface area (Å²) in [6.45, 7) is 3.14. The average molecular weight is 566 g/mol. The SMILES string of the molecule is Cc1cc(-c2cn(-c3ccc(Br)cc3N3CCC(=C(F)F)CC3)nn2)nc(N2CCC(F)(F)CC2)n1. The van der Waals surface area contributed by atoms with Crippen LogP contribution in [0.3, 0.4) is 0 Å². The van der Waals surface area contributed by atoms with Crippen molar-refractivity contribution in [3.8, 4) is 17.1 Å². The minimum absolute atomic E-state index is 0.184. The number of nitrogens with zero attached hydrogens (tertiary/aromatic N) is 7. The zero-order valence-corrected chi connectivity index (χ0v) is 21.1. The summed E-state index contributed by atoms with van der Waals surface area (Å²) in [7, 11) is 0. The molecule has 2 aliphatic heterocycles. The molecular formula is C24H24BrF4N7. The van der Waals surface area contributed by atoms with E-state index in [2.05, 4.69) is 41.1 Å². The highest BCUT2D eigenvalue weighted by atomic mass is 79.9. The third kappa shape index (κ3) is 5.23. The summed E-state index contributed by atoms with van der Waals surface area (Å²) in [5.74, 6) is -2.25. The lowest BCUT2D eigenvalue weighted by Crippen LogP contribution is -2.40. The van der Waals surface area contributed by atoms with Crippen LogP contribution in [0.5, 0.6) is 0 Å². The van der Waals surface area contributed by atoms with Crippen molar-refractivity contribution in [2.24, 2.45) is 0 Å². The van der Waals surface area contributed by atoms with Gasteiger partial charge in [-0.1, -0.05) is 21.1 Å². The van der Waals surface area contributed by atoms with Gasteiger partial charge < -0.3 is 9.80 Å². The van der Waals surface area contributed by atoms with Gasteiger partial charge in [-0.3, -0.25) is 0 Å². The summed E-state index contributed by atoms with van der Waals surface area (Å²) in [5, 5.41) is 8.61. The first kappa shape index (κ1) is 24.7. The highest BCUT2D eigenvalue weighted by Gasteiger charge is 2.35. The summed E-state index contributed by atoms with van der Waals surface area (Å²) in [6.07, 6.45) is 0.328. The molecule has 0 bridgehead atoms. The van der Waals surface area contributed by atoms with E-state index in [0.717, 1.165) is 15.8 Å². The van der Waals surface area contributed by atoms with Crippen LogP contribution >= 0.6 is 15.9 Å². The summed E-state index contributed by atoms with van der Waals surface area (Å²) in [5.41, 5.74) is 3.58. The number of piperidine rings is 2. The van der Waals surface area contributed by atoms with Gasteiger partial charge in [-0.05, 0) is 49.6 Å². The fourth-order valence-electron chi connectivity index (χ4n) is 4.51. The van der Waals surface area contributed by atoms with Crippen LogP contribution in [0.2, 0.25) is 0 Å². The van der Waals surface area contributed by atoms with Crippen LogP contribution in [0.15, 0.2) is 46.6 Å². The lowest BCUT2D eigenvalue weighted by atomic mass is 10.0. The van der Waals surface area contributed by atoms with Gasteiger partial charge in [0.25, 0.3) is 12.0 Å². The van der Waals surface area contributed by atoms with E-state index in [1.807, 2.05) is 25.1 Å². The van der Waals surface area contributed by atoms with Gasteiger partial charge in [-0.15, -0.1) is 5.10 Å². The quantitative estimate of drug-likeness (QED) is 0.373. The summed E-state index contributed by atoms with van der Waals surface area (Å²) in [6, 6.07) is 7.50. The molecule has 3 aromatic rings. The smallest absolute Gasteiger partial charge is 0.269 e. The molecule has 0 radical (unpaired) electrons. The van der Waals surface area contributed by atoms with Crippen LogP contribution in [0, 0.1) is 6.92 Å². The van der Waals surface area contributed by atoms with Crippen molar-refractivity contribution in [1.29, 1.82) is 0 Å². The summed E-state index contributed by atoms with van der Waals surface area (Å²) in [4.78, 5) is 12.9. The molecule has 0 N–H and O–H groups in total. The van der Waals surface area contributed by atoms with Crippen LogP contribution in [0.25, 0.3) is 17.1 Å². The monoisotopic (exact) mass is 565 g/mol. The van der Waals surface area contributed by atoms with E-state index in [9.17, 15) is 17.6 Å². The lowest BCUT2D eigenvalue weighted by Gasteiger charge is -2.31. The van der Waals surface area contributed by atoms with Crippen molar-refractivity contribution in [2.45, 2.75) is 38.5 Å². The largest absolute Gasteiger partial charge is 0.369 e. The fourth-order valence-corrected chi connectivity index (χ4v) is 4.86.